The number of halogens is 1. The monoisotopic (exact) mass is 455 g/mol. The maximum absolute atomic E-state index is 11.4. The molecule has 2 aromatic heterocycles. The normalized spacial score (nSPS) is 11.5. The molecule has 3 nitrogen and oxygen atoms in total. The van der Waals surface area contributed by atoms with Crippen LogP contribution >= 0.6 is 33.9 Å². The molecule has 0 unspecified atom stereocenters. The van der Waals surface area contributed by atoms with Crippen LogP contribution in [0.1, 0.15) is 6.92 Å². The van der Waals surface area contributed by atoms with Crippen LogP contribution in [0, 0.1) is 3.70 Å². The van der Waals surface area contributed by atoms with Crippen LogP contribution < -0.4 is 4.35 Å². The second-order valence-corrected chi connectivity index (χ2v) is 9.15. The van der Waals surface area contributed by atoms with Crippen molar-refractivity contribution in [3.8, 4) is 10.6 Å². The molecule has 1 aromatic carbocycles. The molecule has 0 aliphatic heterocycles. The average molecular weight is 455 g/mol. The number of benzene rings is 1. The molecule has 0 amide bonds. The summed E-state index contributed by atoms with van der Waals surface area (Å²) in [6.45, 7) is 1.67. The van der Waals surface area contributed by atoms with E-state index in [0.29, 0.717) is 0 Å². The number of rotatable bonds is 3. The number of hydrogen-bond donors (Lipinski definition) is 0. The molecule has 20 heavy (non-hydrogen) atoms. The first-order chi connectivity index (χ1) is 9.63. The van der Waals surface area contributed by atoms with Crippen molar-refractivity contribution in [2.75, 3.05) is 0 Å². The number of nitrogens with zero attached hydrogens (tertiary/aromatic N) is 2. The van der Waals surface area contributed by atoms with E-state index in [0.717, 1.165) is 14.3 Å². The summed E-state index contributed by atoms with van der Waals surface area (Å²) < 4.78 is 3.60. The van der Waals surface area contributed by atoms with Crippen LogP contribution in [-0.2, 0) is 4.79 Å². The Bertz CT molecular complexity index is 803. The molecular formula is C14H9AsIN2OS. The fourth-order valence-corrected chi connectivity index (χ4v) is 5.24. The van der Waals surface area contributed by atoms with Gasteiger partial charge in [0.05, 0.1) is 0 Å². The predicted octanol–water partition coefficient (Wildman–Crippen LogP) is 2.84. The first kappa shape index (κ1) is 14.2. The Kier molecular flexibility index (Phi) is 4.19. The summed E-state index contributed by atoms with van der Waals surface area (Å²) in [4.78, 5) is 21.0. The molecule has 0 atom stereocenters. The van der Waals surface area contributed by atoms with Gasteiger partial charge in [-0.25, -0.2) is 0 Å². The molecule has 0 fully saturated rings. The molecule has 2 heterocycles. The van der Waals surface area contributed by atoms with Gasteiger partial charge in [0.15, 0.2) is 0 Å². The number of aromatic nitrogens is 2. The van der Waals surface area contributed by atoms with Gasteiger partial charge in [-0.15, -0.1) is 0 Å². The SMILES string of the molecule is CC(=O)[As]c1cccc2sc(-c3cc(I)ncn3)cc12. The minimum absolute atomic E-state index is 0.276. The Morgan fingerprint density at radius 3 is 2.90 bits per heavy atom. The van der Waals surface area contributed by atoms with Crippen molar-refractivity contribution in [1.29, 1.82) is 0 Å². The van der Waals surface area contributed by atoms with Crippen LogP contribution in [-0.4, -0.2) is 30.3 Å². The fourth-order valence-electron chi connectivity index (χ4n) is 1.91. The summed E-state index contributed by atoms with van der Waals surface area (Å²) in [5.41, 5.74) is 0.940. The Labute approximate surface area is 140 Å². The topological polar surface area (TPSA) is 42.9 Å². The third-order valence-electron chi connectivity index (χ3n) is 2.70. The average Bonchev–Trinajstić information content (AvgIpc) is 2.83. The van der Waals surface area contributed by atoms with Crippen molar-refractivity contribution in [2.24, 2.45) is 0 Å². The van der Waals surface area contributed by atoms with E-state index in [9.17, 15) is 4.79 Å². The van der Waals surface area contributed by atoms with Crippen molar-refractivity contribution in [3.63, 3.8) is 0 Å². The molecule has 3 rings (SSSR count). The van der Waals surface area contributed by atoms with Crippen LogP contribution in [0.25, 0.3) is 20.7 Å². The molecule has 0 bridgehead atoms. The van der Waals surface area contributed by atoms with Crippen molar-refractivity contribution in [3.05, 3.63) is 40.4 Å². The van der Waals surface area contributed by atoms with Crippen LogP contribution in [0.5, 0.6) is 0 Å². The molecule has 0 saturated carbocycles. The van der Waals surface area contributed by atoms with Gasteiger partial charge in [0.1, 0.15) is 0 Å². The standard InChI is InChI=1S/C14H9AsIN2OS/c1-8(19)15-10-3-2-4-12-9(10)5-13(20-12)11-6-14(16)18-7-17-11/h2-7H,1H3. The third-order valence-corrected chi connectivity index (χ3v) is 6.40. The van der Waals surface area contributed by atoms with Gasteiger partial charge in [-0.1, -0.05) is 0 Å². The zero-order valence-electron chi connectivity index (χ0n) is 10.5. The van der Waals surface area contributed by atoms with E-state index in [1.165, 1.54) is 14.4 Å². The fraction of sp³-hybridized carbons (Fsp3) is 0.0714. The van der Waals surface area contributed by atoms with Gasteiger partial charge >= 0.3 is 141 Å². The Morgan fingerprint density at radius 1 is 1.30 bits per heavy atom. The predicted molar refractivity (Wildman–Crippen MR) is 91.6 cm³/mol. The summed E-state index contributed by atoms with van der Waals surface area (Å²) in [6.07, 6.45) is 1.59. The first-order valence-corrected chi connectivity index (χ1v) is 9.63. The Hall–Kier alpha value is -0.782. The number of thiophene rings is 1. The molecule has 0 aliphatic carbocycles. The van der Waals surface area contributed by atoms with Gasteiger partial charge in [0.25, 0.3) is 0 Å². The van der Waals surface area contributed by atoms with Crippen molar-refractivity contribution in [1.82, 2.24) is 9.97 Å². The van der Waals surface area contributed by atoms with E-state index in [1.54, 1.807) is 24.6 Å². The summed E-state index contributed by atoms with van der Waals surface area (Å²) >= 11 is 3.49. The van der Waals surface area contributed by atoms with E-state index in [2.05, 4.69) is 50.8 Å². The molecule has 0 N–H and O–H groups in total. The summed E-state index contributed by atoms with van der Waals surface area (Å²) in [6, 6.07) is 10.3. The van der Waals surface area contributed by atoms with E-state index in [4.69, 9.17) is 0 Å². The molecule has 0 aliphatic rings. The zero-order valence-corrected chi connectivity index (χ0v) is 15.4. The molecule has 1 radical (unpaired) electrons. The number of hydrogen-bond acceptors (Lipinski definition) is 4. The van der Waals surface area contributed by atoms with E-state index < -0.39 is 15.8 Å². The first-order valence-electron chi connectivity index (χ1n) is 5.86. The van der Waals surface area contributed by atoms with Crippen LogP contribution in [0.2, 0.25) is 0 Å². The van der Waals surface area contributed by atoms with Crippen molar-refractivity contribution < 1.29 is 4.79 Å². The van der Waals surface area contributed by atoms with Gasteiger partial charge < -0.3 is 0 Å². The maximum atomic E-state index is 11.4. The second-order valence-electron chi connectivity index (χ2n) is 4.16. The minimum atomic E-state index is -0.410. The molecule has 6 heteroatoms. The van der Waals surface area contributed by atoms with Gasteiger partial charge in [-0.3, -0.25) is 0 Å². The van der Waals surface area contributed by atoms with E-state index in [1.807, 2.05) is 12.1 Å². The zero-order chi connectivity index (χ0) is 14.1. The van der Waals surface area contributed by atoms with Crippen molar-refractivity contribution >= 4 is 68.7 Å². The third kappa shape index (κ3) is 2.94. The second kappa shape index (κ2) is 5.92. The summed E-state index contributed by atoms with van der Waals surface area (Å²) in [5, 5.41) is 1.19. The molecule has 0 spiro atoms. The number of carbonyl (C=O) groups is 1. The molecular weight excluding hydrogens is 446 g/mol. The van der Waals surface area contributed by atoms with Crippen LogP contribution in [0.15, 0.2) is 36.7 Å². The van der Waals surface area contributed by atoms with Gasteiger partial charge in [-0.05, 0) is 0 Å². The summed E-state index contributed by atoms with van der Waals surface area (Å²) in [5.74, 6) is 0. The van der Waals surface area contributed by atoms with Gasteiger partial charge in [0.2, 0.25) is 0 Å². The quantitative estimate of drug-likeness (QED) is 0.347. The summed E-state index contributed by atoms with van der Waals surface area (Å²) in [7, 11) is 0. The van der Waals surface area contributed by atoms with Gasteiger partial charge in [0, 0.05) is 0 Å². The van der Waals surface area contributed by atoms with Crippen molar-refractivity contribution in [2.45, 2.75) is 6.92 Å². The Morgan fingerprint density at radius 2 is 2.15 bits per heavy atom. The molecule has 3 aromatic rings. The Balaban J connectivity index is 2.13. The van der Waals surface area contributed by atoms with Gasteiger partial charge in [-0.2, -0.15) is 0 Å². The van der Waals surface area contributed by atoms with E-state index in [-0.39, 0.29) is 4.57 Å². The van der Waals surface area contributed by atoms with Crippen LogP contribution in [0.4, 0.5) is 0 Å². The molecule has 99 valence electrons. The number of fused-ring (bicyclic) bond motifs is 1. The molecule has 0 saturated heterocycles. The van der Waals surface area contributed by atoms with E-state index >= 15 is 0 Å². The number of carbonyl (C=O) groups excluding carboxylic acids is 1. The van der Waals surface area contributed by atoms with Crippen LogP contribution in [0.3, 0.4) is 0 Å².